The molecule has 1 aromatic heterocycles. The van der Waals surface area contributed by atoms with Gasteiger partial charge in [0.25, 0.3) is 5.91 Å². The molecule has 0 aliphatic carbocycles. The van der Waals surface area contributed by atoms with Crippen LogP contribution < -0.4 is 15.0 Å². The van der Waals surface area contributed by atoms with Crippen molar-refractivity contribution in [2.45, 2.75) is 25.8 Å². The molecule has 174 valence electrons. The Balaban J connectivity index is 1.35. The molecule has 1 unspecified atom stereocenters. The molecule has 3 heterocycles. The van der Waals surface area contributed by atoms with Gasteiger partial charge in [-0.3, -0.25) is 15.0 Å². The number of thiazole rings is 1. The van der Waals surface area contributed by atoms with Crippen molar-refractivity contribution in [2.24, 2.45) is 0 Å². The molecule has 3 aromatic rings. The van der Waals surface area contributed by atoms with Crippen molar-refractivity contribution < 1.29 is 14.3 Å². The van der Waals surface area contributed by atoms with E-state index in [9.17, 15) is 4.79 Å². The second-order valence-electron chi connectivity index (χ2n) is 8.58. The summed E-state index contributed by atoms with van der Waals surface area (Å²) in [5.41, 5.74) is 3.75. The van der Waals surface area contributed by atoms with Crippen LogP contribution in [0.15, 0.2) is 36.4 Å². The molecule has 33 heavy (non-hydrogen) atoms. The maximum atomic E-state index is 13.0. The van der Waals surface area contributed by atoms with E-state index in [4.69, 9.17) is 14.5 Å². The van der Waals surface area contributed by atoms with E-state index in [1.165, 1.54) is 29.7 Å². The minimum Gasteiger partial charge on any atom is -0.494 e. The third kappa shape index (κ3) is 4.55. The Labute approximate surface area is 198 Å². The van der Waals surface area contributed by atoms with Crippen LogP contribution in [0.5, 0.6) is 5.75 Å². The van der Waals surface area contributed by atoms with Crippen LogP contribution in [0, 0.1) is 0 Å². The largest absolute Gasteiger partial charge is 0.494 e. The highest BCUT2D eigenvalue weighted by Gasteiger charge is 2.21. The smallest absolute Gasteiger partial charge is 0.257 e. The molecule has 0 radical (unpaired) electrons. The van der Waals surface area contributed by atoms with Crippen molar-refractivity contribution in [2.75, 3.05) is 56.7 Å². The molecule has 2 aliphatic heterocycles. The highest BCUT2D eigenvalue weighted by molar-refractivity contribution is 7.23. The molecular formula is C25H30N4O3S. The van der Waals surface area contributed by atoms with E-state index in [1.54, 1.807) is 7.11 Å². The lowest BCUT2D eigenvalue weighted by molar-refractivity contribution is 0.102. The fraction of sp³-hybridized carbons (Fsp3) is 0.440. The van der Waals surface area contributed by atoms with Crippen LogP contribution >= 0.6 is 11.3 Å². The standard InChI is InChI=1S/C25H30N4O3S/c1-17(28-11-3-4-12-28)18-5-7-19(8-6-18)24(30)27-25-26-22-21(31-2)10-9-20(23(22)33-25)29-13-15-32-16-14-29/h5-10,17H,3-4,11-16H2,1-2H3,(H,26,27,30). The first-order chi connectivity index (χ1) is 16.1. The number of carbonyl (C=O) groups is 1. The summed E-state index contributed by atoms with van der Waals surface area (Å²) in [6.45, 7) is 7.63. The molecule has 2 aromatic carbocycles. The van der Waals surface area contributed by atoms with Crippen LogP contribution in [0.25, 0.3) is 10.2 Å². The van der Waals surface area contributed by atoms with Gasteiger partial charge in [0.2, 0.25) is 0 Å². The van der Waals surface area contributed by atoms with Gasteiger partial charge in [0, 0.05) is 24.7 Å². The fourth-order valence-electron chi connectivity index (χ4n) is 4.66. The number of hydrogen-bond donors (Lipinski definition) is 1. The van der Waals surface area contributed by atoms with Gasteiger partial charge < -0.3 is 14.4 Å². The van der Waals surface area contributed by atoms with E-state index in [1.807, 2.05) is 18.2 Å². The monoisotopic (exact) mass is 466 g/mol. The average molecular weight is 467 g/mol. The van der Waals surface area contributed by atoms with Crippen molar-refractivity contribution in [3.05, 3.63) is 47.5 Å². The molecule has 2 fully saturated rings. The molecule has 5 rings (SSSR count). The predicted molar refractivity (Wildman–Crippen MR) is 133 cm³/mol. The number of anilines is 2. The van der Waals surface area contributed by atoms with Gasteiger partial charge in [-0.1, -0.05) is 23.5 Å². The van der Waals surface area contributed by atoms with E-state index in [0.29, 0.717) is 35.7 Å². The number of rotatable bonds is 6. The normalized spacial score (nSPS) is 17.9. The first-order valence-electron chi connectivity index (χ1n) is 11.6. The number of ether oxygens (including phenoxy) is 2. The fourth-order valence-corrected chi connectivity index (χ4v) is 5.68. The number of benzene rings is 2. The number of aromatic nitrogens is 1. The van der Waals surface area contributed by atoms with E-state index in [2.05, 4.69) is 40.2 Å². The molecule has 7 nitrogen and oxygen atoms in total. The average Bonchev–Trinajstić information content (AvgIpc) is 3.54. The summed E-state index contributed by atoms with van der Waals surface area (Å²) < 4.78 is 12.0. The zero-order chi connectivity index (χ0) is 22.8. The molecule has 1 N–H and O–H groups in total. The third-order valence-electron chi connectivity index (χ3n) is 6.62. The minimum absolute atomic E-state index is 0.152. The van der Waals surface area contributed by atoms with Crippen molar-refractivity contribution in [3.63, 3.8) is 0 Å². The van der Waals surface area contributed by atoms with Gasteiger partial charge in [-0.05, 0) is 62.7 Å². The summed E-state index contributed by atoms with van der Waals surface area (Å²) in [4.78, 5) is 22.5. The van der Waals surface area contributed by atoms with Crippen molar-refractivity contribution in [3.8, 4) is 5.75 Å². The van der Waals surface area contributed by atoms with Gasteiger partial charge in [0.05, 0.1) is 30.7 Å². The number of morpholine rings is 1. The predicted octanol–water partition coefficient (Wildman–Crippen LogP) is 4.55. The molecule has 0 bridgehead atoms. The van der Waals surface area contributed by atoms with E-state index < -0.39 is 0 Å². The van der Waals surface area contributed by atoms with E-state index >= 15 is 0 Å². The molecule has 1 amide bonds. The van der Waals surface area contributed by atoms with Crippen molar-refractivity contribution in [1.82, 2.24) is 9.88 Å². The Kier molecular flexibility index (Phi) is 6.48. The molecule has 8 heteroatoms. The molecule has 0 spiro atoms. The van der Waals surface area contributed by atoms with Gasteiger partial charge in [-0.15, -0.1) is 0 Å². The molecule has 0 saturated carbocycles. The Morgan fingerprint density at radius 2 is 1.82 bits per heavy atom. The number of fused-ring (bicyclic) bond motifs is 1. The molecular weight excluding hydrogens is 436 g/mol. The first-order valence-corrected chi connectivity index (χ1v) is 12.4. The van der Waals surface area contributed by atoms with Gasteiger partial charge in [-0.25, -0.2) is 4.98 Å². The lowest BCUT2D eigenvalue weighted by Gasteiger charge is -2.29. The van der Waals surface area contributed by atoms with Gasteiger partial charge in [0.1, 0.15) is 11.3 Å². The third-order valence-corrected chi connectivity index (χ3v) is 7.61. The van der Waals surface area contributed by atoms with Crippen LogP contribution in [0.2, 0.25) is 0 Å². The second kappa shape index (κ2) is 9.67. The Bertz CT molecular complexity index is 1120. The summed E-state index contributed by atoms with van der Waals surface area (Å²) in [6.07, 6.45) is 2.54. The number of methoxy groups -OCH3 is 1. The Morgan fingerprint density at radius 1 is 1.09 bits per heavy atom. The number of amides is 1. The van der Waals surface area contributed by atoms with Crippen LogP contribution in [0.4, 0.5) is 10.8 Å². The lowest BCUT2D eigenvalue weighted by Crippen LogP contribution is -2.36. The summed E-state index contributed by atoms with van der Waals surface area (Å²) >= 11 is 1.48. The summed E-state index contributed by atoms with van der Waals surface area (Å²) in [7, 11) is 1.64. The number of hydrogen-bond acceptors (Lipinski definition) is 7. The van der Waals surface area contributed by atoms with Crippen molar-refractivity contribution >= 4 is 38.3 Å². The number of nitrogens with zero attached hydrogens (tertiary/aromatic N) is 3. The zero-order valence-corrected chi connectivity index (χ0v) is 20.0. The van der Waals surface area contributed by atoms with E-state index in [0.717, 1.165) is 42.1 Å². The van der Waals surface area contributed by atoms with Crippen LogP contribution in [0.3, 0.4) is 0 Å². The van der Waals surface area contributed by atoms with Gasteiger partial charge >= 0.3 is 0 Å². The van der Waals surface area contributed by atoms with Crippen LogP contribution in [-0.4, -0.2) is 62.3 Å². The second-order valence-corrected chi connectivity index (χ2v) is 9.58. The van der Waals surface area contributed by atoms with Gasteiger partial charge in [0.15, 0.2) is 5.13 Å². The Hall–Kier alpha value is -2.68. The maximum absolute atomic E-state index is 13.0. The zero-order valence-electron chi connectivity index (χ0n) is 19.2. The van der Waals surface area contributed by atoms with Crippen LogP contribution in [-0.2, 0) is 4.74 Å². The number of nitrogens with one attached hydrogen (secondary N) is 1. The molecule has 2 saturated heterocycles. The summed E-state index contributed by atoms with van der Waals surface area (Å²) in [5.74, 6) is 0.556. The molecule has 2 aliphatic rings. The highest BCUT2D eigenvalue weighted by atomic mass is 32.1. The summed E-state index contributed by atoms with van der Waals surface area (Å²) in [6, 6.07) is 12.3. The van der Waals surface area contributed by atoms with E-state index in [-0.39, 0.29) is 5.91 Å². The van der Waals surface area contributed by atoms with Crippen LogP contribution in [0.1, 0.15) is 41.7 Å². The first kappa shape index (κ1) is 22.1. The topological polar surface area (TPSA) is 66.9 Å². The maximum Gasteiger partial charge on any atom is 0.257 e. The SMILES string of the molecule is COc1ccc(N2CCOCC2)c2sc(NC(=O)c3ccc(C(C)N4CCCC4)cc3)nc12. The minimum atomic E-state index is -0.152. The quantitative estimate of drug-likeness (QED) is 0.575. The summed E-state index contributed by atoms with van der Waals surface area (Å²) in [5, 5.41) is 3.56. The highest BCUT2D eigenvalue weighted by Crippen LogP contribution is 2.39. The molecule has 1 atom stereocenters. The number of carbonyl (C=O) groups excluding carboxylic acids is 1. The lowest BCUT2D eigenvalue weighted by atomic mass is 10.0. The Morgan fingerprint density at radius 3 is 2.52 bits per heavy atom. The number of likely N-dealkylation sites (tertiary alicyclic amines) is 1. The van der Waals surface area contributed by atoms with Crippen molar-refractivity contribution in [1.29, 1.82) is 0 Å². The van der Waals surface area contributed by atoms with Gasteiger partial charge in [-0.2, -0.15) is 0 Å².